The van der Waals surface area contributed by atoms with Gasteiger partial charge in [0.15, 0.2) is 11.5 Å². The highest BCUT2D eigenvalue weighted by Crippen LogP contribution is 2.30. The van der Waals surface area contributed by atoms with Crippen LogP contribution < -0.4 is 14.3 Å². The number of nitrogens with one attached hydrogen (secondary N) is 1. The van der Waals surface area contributed by atoms with E-state index in [4.69, 9.17) is 9.47 Å². The summed E-state index contributed by atoms with van der Waals surface area (Å²) >= 11 is 0. The lowest BCUT2D eigenvalue weighted by Gasteiger charge is -2.10. The molecule has 0 amide bonds. The smallest absolute Gasteiger partial charge is 0.276 e. The molecule has 2 aromatic rings. The Morgan fingerprint density at radius 3 is 2.44 bits per heavy atom. The number of hydrogen-bond donors (Lipinski definition) is 1. The average Bonchev–Trinajstić information content (AvgIpc) is 2.85. The van der Waals surface area contributed by atoms with Crippen LogP contribution in [-0.2, 0) is 10.0 Å². The monoisotopic (exact) mass is 360 g/mol. The van der Waals surface area contributed by atoms with Crippen LogP contribution in [0.1, 0.15) is 24.5 Å². The van der Waals surface area contributed by atoms with Crippen molar-refractivity contribution in [1.29, 1.82) is 0 Å². The Hall–Kier alpha value is -2.54. The highest BCUT2D eigenvalue weighted by Gasteiger charge is 2.14. The maximum atomic E-state index is 12.3. The predicted molar refractivity (Wildman–Crippen MR) is 95.8 cm³/mol. The number of hydrazone groups is 1. The molecule has 7 heteroatoms. The number of fused-ring (bicyclic) bond motifs is 1. The average molecular weight is 360 g/mol. The lowest BCUT2D eigenvalue weighted by molar-refractivity contribution is 0.297. The van der Waals surface area contributed by atoms with E-state index in [1.165, 1.54) is 0 Å². The Kier molecular flexibility index (Phi) is 4.94. The van der Waals surface area contributed by atoms with E-state index < -0.39 is 10.0 Å². The van der Waals surface area contributed by atoms with Crippen LogP contribution >= 0.6 is 0 Å². The van der Waals surface area contributed by atoms with Crippen molar-refractivity contribution in [2.24, 2.45) is 5.10 Å². The zero-order chi connectivity index (χ0) is 17.9. The highest BCUT2D eigenvalue weighted by atomic mass is 32.2. The summed E-state index contributed by atoms with van der Waals surface area (Å²) in [6.07, 6.45) is 0.827. The predicted octanol–water partition coefficient (Wildman–Crippen LogP) is 2.86. The summed E-state index contributed by atoms with van der Waals surface area (Å²) in [7, 11) is -3.70. The van der Waals surface area contributed by atoms with Crippen LogP contribution in [0.3, 0.4) is 0 Å². The molecule has 1 aliphatic heterocycles. The van der Waals surface area contributed by atoms with Gasteiger partial charge in [0.05, 0.1) is 23.8 Å². The van der Waals surface area contributed by atoms with Crippen molar-refractivity contribution in [1.82, 2.24) is 4.83 Å². The molecule has 0 atom stereocenters. The van der Waals surface area contributed by atoms with Gasteiger partial charge in [-0.2, -0.15) is 18.4 Å². The van der Waals surface area contributed by atoms with E-state index in [1.807, 2.05) is 19.1 Å². The van der Waals surface area contributed by atoms with E-state index in [0.29, 0.717) is 30.4 Å². The first kappa shape index (κ1) is 17.3. The molecule has 0 saturated carbocycles. The van der Waals surface area contributed by atoms with Crippen LogP contribution in [0.5, 0.6) is 11.5 Å². The number of nitrogens with zero attached hydrogens (tertiary/aromatic N) is 1. The first-order valence-corrected chi connectivity index (χ1v) is 9.47. The van der Waals surface area contributed by atoms with Crippen LogP contribution in [0.4, 0.5) is 0 Å². The van der Waals surface area contributed by atoms with E-state index >= 15 is 0 Å². The van der Waals surface area contributed by atoms with Crippen LogP contribution in [0.2, 0.25) is 0 Å². The molecular formula is C18H20N2O4S. The highest BCUT2D eigenvalue weighted by molar-refractivity contribution is 7.89. The quantitative estimate of drug-likeness (QED) is 0.672. The molecule has 132 valence electrons. The maximum absolute atomic E-state index is 12.3. The van der Waals surface area contributed by atoms with Crippen molar-refractivity contribution in [2.75, 3.05) is 13.2 Å². The standard InChI is InChI=1S/C18H20N2O4S/c1-13-4-7-16(8-5-13)25(21,22)20-19-14(2)15-6-9-17-18(12-15)24-11-3-10-23-17/h4-9,12,20H,3,10-11H2,1-2H3/b19-14-. The lowest BCUT2D eigenvalue weighted by Crippen LogP contribution is -2.20. The molecule has 1 heterocycles. The first-order chi connectivity index (χ1) is 12.0. The summed E-state index contributed by atoms with van der Waals surface area (Å²) < 4.78 is 35.8. The number of hydrogen-bond acceptors (Lipinski definition) is 5. The third-order valence-corrected chi connectivity index (χ3v) is 5.05. The van der Waals surface area contributed by atoms with Crippen molar-refractivity contribution in [3.63, 3.8) is 0 Å². The molecule has 25 heavy (non-hydrogen) atoms. The molecule has 1 N–H and O–H groups in total. The second-order valence-electron chi connectivity index (χ2n) is 5.82. The third kappa shape index (κ3) is 4.11. The van der Waals surface area contributed by atoms with E-state index in [0.717, 1.165) is 17.5 Å². The minimum absolute atomic E-state index is 0.174. The largest absolute Gasteiger partial charge is 0.490 e. The summed E-state index contributed by atoms with van der Waals surface area (Å²) in [6.45, 7) is 4.84. The van der Waals surface area contributed by atoms with Gasteiger partial charge in [0.1, 0.15) is 0 Å². The van der Waals surface area contributed by atoms with Crippen LogP contribution in [0, 0.1) is 6.92 Å². The molecule has 0 saturated heterocycles. The fourth-order valence-corrected chi connectivity index (χ4v) is 3.21. The van der Waals surface area contributed by atoms with E-state index in [2.05, 4.69) is 9.93 Å². The lowest BCUT2D eigenvalue weighted by atomic mass is 10.1. The topological polar surface area (TPSA) is 77.0 Å². The normalized spacial score (nSPS) is 14.7. The Bertz CT molecular complexity index is 890. The fraction of sp³-hybridized carbons (Fsp3) is 0.278. The SMILES string of the molecule is C/C(=N/NS(=O)(=O)c1ccc(C)cc1)c1ccc2c(c1)OCCCO2. The Morgan fingerprint density at radius 2 is 1.72 bits per heavy atom. The Balaban J connectivity index is 1.79. The van der Waals surface area contributed by atoms with E-state index in [9.17, 15) is 8.42 Å². The molecule has 3 rings (SSSR count). The molecule has 0 fully saturated rings. The molecule has 6 nitrogen and oxygen atoms in total. The molecular weight excluding hydrogens is 340 g/mol. The van der Waals surface area contributed by atoms with Gasteiger partial charge in [-0.05, 0) is 44.2 Å². The minimum atomic E-state index is -3.70. The third-order valence-electron chi connectivity index (χ3n) is 3.83. The molecule has 0 spiro atoms. The van der Waals surface area contributed by atoms with Crippen molar-refractivity contribution >= 4 is 15.7 Å². The first-order valence-electron chi connectivity index (χ1n) is 7.98. The number of rotatable bonds is 4. The Labute approximate surface area is 147 Å². The summed E-state index contributed by atoms with van der Waals surface area (Å²) in [5, 5.41) is 4.02. The zero-order valence-corrected chi connectivity index (χ0v) is 15.0. The van der Waals surface area contributed by atoms with Gasteiger partial charge in [-0.3, -0.25) is 0 Å². The van der Waals surface area contributed by atoms with Gasteiger partial charge in [0.2, 0.25) is 0 Å². The number of ether oxygens (including phenoxy) is 2. The van der Waals surface area contributed by atoms with Gasteiger partial charge in [0.25, 0.3) is 10.0 Å². The van der Waals surface area contributed by atoms with Crippen LogP contribution in [0.15, 0.2) is 52.5 Å². The van der Waals surface area contributed by atoms with Crippen molar-refractivity contribution in [2.45, 2.75) is 25.2 Å². The second-order valence-corrected chi connectivity index (χ2v) is 7.48. The summed E-state index contributed by atoms with van der Waals surface area (Å²) in [4.78, 5) is 2.45. The number of sulfonamides is 1. The van der Waals surface area contributed by atoms with E-state index in [-0.39, 0.29) is 4.90 Å². The summed E-state index contributed by atoms with van der Waals surface area (Å²) in [6, 6.07) is 12.0. The van der Waals surface area contributed by atoms with Crippen LogP contribution in [-0.4, -0.2) is 27.3 Å². The van der Waals surface area contributed by atoms with Crippen molar-refractivity contribution in [3.8, 4) is 11.5 Å². The van der Waals surface area contributed by atoms with Gasteiger partial charge in [0, 0.05) is 12.0 Å². The Morgan fingerprint density at radius 1 is 1.04 bits per heavy atom. The molecule has 1 aliphatic rings. The van der Waals surface area contributed by atoms with Gasteiger partial charge in [-0.15, -0.1) is 0 Å². The molecule has 0 unspecified atom stereocenters. The summed E-state index contributed by atoms with van der Waals surface area (Å²) in [5.41, 5.74) is 2.29. The van der Waals surface area contributed by atoms with Crippen LogP contribution in [0.25, 0.3) is 0 Å². The summed E-state index contributed by atoms with van der Waals surface area (Å²) in [5.74, 6) is 1.33. The zero-order valence-electron chi connectivity index (χ0n) is 14.2. The minimum Gasteiger partial charge on any atom is -0.490 e. The molecule has 0 radical (unpaired) electrons. The van der Waals surface area contributed by atoms with Crippen molar-refractivity contribution < 1.29 is 17.9 Å². The molecule has 0 aromatic heterocycles. The molecule has 0 aliphatic carbocycles. The molecule has 0 bridgehead atoms. The maximum Gasteiger partial charge on any atom is 0.276 e. The number of benzene rings is 2. The molecule has 2 aromatic carbocycles. The van der Waals surface area contributed by atoms with Gasteiger partial charge in [-0.25, -0.2) is 0 Å². The van der Waals surface area contributed by atoms with E-state index in [1.54, 1.807) is 37.3 Å². The number of aryl methyl sites for hydroxylation is 1. The van der Waals surface area contributed by atoms with Gasteiger partial charge < -0.3 is 9.47 Å². The van der Waals surface area contributed by atoms with Gasteiger partial charge >= 0.3 is 0 Å². The van der Waals surface area contributed by atoms with Crippen molar-refractivity contribution in [3.05, 3.63) is 53.6 Å². The fourth-order valence-electron chi connectivity index (χ4n) is 2.35. The van der Waals surface area contributed by atoms with Gasteiger partial charge in [-0.1, -0.05) is 17.7 Å². The second kappa shape index (κ2) is 7.14.